The number of carbonyl (C=O) groups is 1. The quantitative estimate of drug-likeness (QED) is 0.726. The molecule has 0 radical (unpaired) electrons. The number of thiophene rings is 1. The number of aromatic nitrogens is 1. The number of rotatable bonds is 3. The average Bonchev–Trinajstić information content (AvgIpc) is 2.68. The first kappa shape index (κ1) is 14.7. The van der Waals surface area contributed by atoms with Crippen molar-refractivity contribution in [2.24, 2.45) is 0 Å². The standard InChI is InChI=1S/C12H11Br2NO3S/c1-3-15-5-6(12(17)18-4-2)9(16)10-8(15)7(13)11(14)19-10/h5H,3-4H2,1-2H3. The molecule has 2 aromatic rings. The molecule has 0 spiro atoms. The molecule has 0 aromatic carbocycles. The summed E-state index contributed by atoms with van der Waals surface area (Å²) in [6.45, 7) is 4.58. The molecule has 0 aliphatic heterocycles. The molecule has 2 heterocycles. The lowest BCUT2D eigenvalue weighted by atomic mass is 10.2. The molecule has 2 aromatic heterocycles. The van der Waals surface area contributed by atoms with E-state index in [1.54, 1.807) is 13.1 Å². The van der Waals surface area contributed by atoms with Crippen LogP contribution >= 0.6 is 43.2 Å². The van der Waals surface area contributed by atoms with Gasteiger partial charge < -0.3 is 9.30 Å². The van der Waals surface area contributed by atoms with Gasteiger partial charge in [0.1, 0.15) is 10.3 Å². The van der Waals surface area contributed by atoms with Crippen LogP contribution in [0.15, 0.2) is 19.3 Å². The molecule has 0 fully saturated rings. The number of halogens is 2. The monoisotopic (exact) mass is 407 g/mol. The second kappa shape index (κ2) is 5.76. The third-order valence-electron chi connectivity index (χ3n) is 2.65. The zero-order chi connectivity index (χ0) is 14.2. The summed E-state index contributed by atoms with van der Waals surface area (Å²) < 4.78 is 9.01. The number of carbonyl (C=O) groups excluding carboxylic acids is 1. The van der Waals surface area contributed by atoms with Gasteiger partial charge in [-0.25, -0.2) is 4.79 Å². The summed E-state index contributed by atoms with van der Waals surface area (Å²) >= 11 is 8.17. The maximum atomic E-state index is 12.3. The van der Waals surface area contributed by atoms with E-state index in [4.69, 9.17) is 4.74 Å². The van der Waals surface area contributed by atoms with Crippen molar-refractivity contribution in [2.45, 2.75) is 20.4 Å². The van der Waals surface area contributed by atoms with Crippen molar-refractivity contribution in [1.82, 2.24) is 4.57 Å². The molecular formula is C12H11Br2NO3S. The number of hydrogen-bond donors (Lipinski definition) is 0. The fraction of sp³-hybridized carbons (Fsp3) is 0.333. The predicted octanol–water partition coefficient (Wildman–Crippen LogP) is 3.78. The molecule has 0 unspecified atom stereocenters. The molecule has 0 N–H and O–H groups in total. The number of nitrogens with zero attached hydrogens (tertiary/aromatic N) is 1. The molecule has 4 nitrogen and oxygen atoms in total. The minimum Gasteiger partial charge on any atom is -0.462 e. The number of pyridine rings is 1. The highest BCUT2D eigenvalue weighted by atomic mass is 79.9. The second-order valence-corrected chi connectivity index (χ2v) is 6.88. The molecule has 0 saturated carbocycles. The molecule has 0 aliphatic rings. The molecule has 2 rings (SSSR count). The predicted molar refractivity (Wildman–Crippen MR) is 83.1 cm³/mol. The Morgan fingerprint density at radius 1 is 1.42 bits per heavy atom. The van der Waals surface area contributed by atoms with Gasteiger partial charge in [0.25, 0.3) is 0 Å². The van der Waals surface area contributed by atoms with Crippen LogP contribution in [-0.2, 0) is 11.3 Å². The summed E-state index contributed by atoms with van der Waals surface area (Å²) in [5, 5.41) is 0. The van der Waals surface area contributed by atoms with Crippen LogP contribution < -0.4 is 5.43 Å². The number of aryl methyl sites for hydroxylation is 1. The Balaban J connectivity index is 2.80. The molecule has 0 aliphatic carbocycles. The van der Waals surface area contributed by atoms with Gasteiger partial charge in [-0.05, 0) is 45.7 Å². The number of fused-ring (bicyclic) bond motifs is 1. The zero-order valence-electron chi connectivity index (χ0n) is 10.3. The minimum atomic E-state index is -0.572. The van der Waals surface area contributed by atoms with Crippen molar-refractivity contribution < 1.29 is 9.53 Å². The van der Waals surface area contributed by atoms with Crippen LogP contribution in [0.3, 0.4) is 0 Å². The van der Waals surface area contributed by atoms with Gasteiger partial charge in [0, 0.05) is 12.7 Å². The van der Waals surface area contributed by atoms with E-state index in [0.717, 1.165) is 13.8 Å². The highest BCUT2D eigenvalue weighted by molar-refractivity contribution is 9.13. The molecule has 102 valence electrons. The molecule has 0 saturated heterocycles. The Bertz CT molecular complexity index is 705. The van der Waals surface area contributed by atoms with Crippen molar-refractivity contribution in [3.8, 4) is 0 Å². The summed E-state index contributed by atoms with van der Waals surface area (Å²) in [6, 6.07) is 0. The smallest absolute Gasteiger partial charge is 0.343 e. The van der Waals surface area contributed by atoms with E-state index in [1.807, 2.05) is 11.5 Å². The highest BCUT2D eigenvalue weighted by Gasteiger charge is 2.20. The Morgan fingerprint density at radius 3 is 2.68 bits per heavy atom. The lowest BCUT2D eigenvalue weighted by molar-refractivity contribution is 0.0524. The van der Waals surface area contributed by atoms with E-state index >= 15 is 0 Å². The van der Waals surface area contributed by atoms with Gasteiger partial charge in [0.05, 0.1) is 20.4 Å². The lowest BCUT2D eigenvalue weighted by Crippen LogP contribution is -2.19. The molecule has 0 atom stereocenters. The minimum absolute atomic E-state index is 0.0810. The van der Waals surface area contributed by atoms with Crippen molar-refractivity contribution in [3.05, 3.63) is 30.2 Å². The summed E-state index contributed by atoms with van der Waals surface area (Å²) in [5.74, 6) is -0.572. The maximum absolute atomic E-state index is 12.3. The first-order valence-corrected chi connectivity index (χ1v) is 8.09. The molecule has 0 amide bonds. The lowest BCUT2D eigenvalue weighted by Gasteiger charge is -2.08. The van der Waals surface area contributed by atoms with Crippen LogP contribution in [0.1, 0.15) is 24.2 Å². The summed E-state index contributed by atoms with van der Waals surface area (Å²) in [6.07, 6.45) is 1.56. The van der Waals surface area contributed by atoms with Crippen LogP contribution in [0, 0.1) is 0 Å². The van der Waals surface area contributed by atoms with Crippen LogP contribution in [0.2, 0.25) is 0 Å². The van der Waals surface area contributed by atoms with E-state index in [2.05, 4.69) is 31.9 Å². The van der Waals surface area contributed by atoms with Gasteiger partial charge in [0.15, 0.2) is 0 Å². The Morgan fingerprint density at radius 2 is 2.11 bits per heavy atom. The van der Waals surface area contributed by atoms with Crippen molar-refractivity contribution in [2.75, 3.05) is 6.61 Å². The van der Waals surface area contributed by atoms with Gasteiger partial charge in [-0.1, -0.05) is 0 Å². The van der Waals surface area contributed by atoms with E-state index in [0.29, 0.717) is 11.2 Å². The van der Waals surface area contributed by atoms with Gasteiger partial charge in [-0.3, -0.25) is 4.79 Å². The Kier molecular flexibility index (Phi) is 4.47. The van der Waals surface area contributed by atoms with Gasteiger partial charge >= 0.3 is 5.97 Å². The summed E-state index contributed by atoms with van der Waals surface area (Å²) in [5.41, 5.74) is 0.601. The topological polar surface area (TPSA) is 48.3 Å². The van der Waals surface area contributed by atoms with Gasteiger partial charge in [0.2, 0.25) is 5.43 Å². The first-order chi connectivity index (χ1) is 9.01. The molecular weight excluding hydrogens is 398 g/mol. The van der Waals surface area contributed by atoms with E-state index in [9.17, 15) is 9.59 Å². The first-order valence-electron chi connectivity index (χ1n) is 5.69. The highest BCUT2D eigenvalue weighted by Crippen LogP contribution is 2.38. The van der Waals surface area contributed by atoms with Gasteiger partial charge in [-0.15, -0.1) is 11.3 Å². The average molecular weight is 409 g/mol. The van der Waals surface area contributed by atoms with Crippen LogP contribution in [0.5, 0.6) is 0 Å². The van der Waals surface area contributed by atoms with E-state index in [-0.39, 0.29) is 17.6 Å². The van der Waals surface area contributed by atoms with Crippen LogP contribution in [-0.4, -0.2) is 17.1 Å². The van der Waals surface area contributed by atoms with E-state index in [1.165, 1.54) is 11.3 Å². The SMILES string of the molecule is CCOC(=O)c1cn(CC)c2c(Br)c(Br)sc2c1=O. The normalized spacial score (nSPS) is 10.9. The maximum Gasteiger partial charge on any atom is 0.343 e. The number of hydrogen-bond acceptors (Lipinski definition) is 4. The number of esters is 1. The number of ether oxygens (including phenoxy) is 1. The van der Waals surface area contributed by atoms with Gasteiger partial charge in [-0.2, -0.15) is 0 Å². The fourth-order valence-corrected chi connectivity index (χ4v) is 4.15. The van der Waals surface area contributed by atoms with Crippen LogP contribution in [0.25, 0.3) is 10.2 Å². The molecule has 0 bridgehead atoms. The fourth-order valence-electron chi connectivity index (χ4n) is 1.79. The third-order valence-corrected chi connectivity index (χ3v) is 6.06. The van der Waals surface area contributed by atoms with Crippen molar-refractivity contribution >= 4 is 59.4 Å². The Labute approximate surface area is 130 Å². The molecule has 19 heavy (non-hydrogen) atoms. The Hall–Kier alpha value is -0.660. The molecule has 7 heteroatoms. The van der Waals surface area contributed by atoms with Crippen molar-refractivity contribution in [1.29, 1.82) is 0 Å². The zero-order valence-corrected chi connectivity index (χ0v) is 14.3. The van der Waals surface area contributed by atoms with Crippen molar-refractivity contribution in [3.63, 3.8) is 0 Å². The third kappa shape index (κ3) is 2.51. The summed E-state index contributed by atoms with van der Waals surface area (Å²) in [4.78, 5) is 24.1. The summed E-state index contributed by atoms with van der Waals surface area (Å²) in [7, 11) is 0. The van der Waals surface area contributed by atoms with E-state index < -0.39 is 5.97 Å². The second-order valence-electron chi connectivity index (χ2n) is 3.75. The largest absolute Gasteiger partial charge is 0.462 e. The van der Waals surface area contributed by atoms with Crippen LogP contribution in [0.4, 0.5) is 0 Å².